The molecule has 0 unspecified atom stereocenters. The Morgan fingerprint density at radius 1 is 1.59 bits per heavy atom. The summed E-state index contributed by atoms with van der Waals surface area (Å²) < 4.78 is 13.5. The molecule has 0 spiro atoms. The molecule has 3 aliphatic heterocycles. The summed E-state index contributed by atoms with van der Waals surface area (Å²) in [6.45, 7) is 2.09. The molecule has 0 aromatic rings. The number of amides is 1. The van der Waals surface area contributed by atoms with Crippen LogP contribution in [0.2, 0.25) is 0 Å². The van der Waals surface area contributed by atoms with Crippen molar-refractivity contribution in [2.45, 2.75) is 43.3 Å². The van der Waals surface area contributed by atoms with Gasteiger partial charge in [-0.05, 0) is 13.3 Å². The summed E-state index contributed by atoms with van der Waals surface area (Å²) in [5, 5.41) is 21.9. The number of carbonyl (C=O) groups is 2. The minimum Gasteiger partial charge on any atom is -0.477 e. The van der Waals surface area contributed by atoms with Crippen molar-refractivity contribution in [1.29, 1.82) is 0 Å². The van der Waals surface area contributed by atoms with Gasteiger partial charge in [0.25, 0.3) is 0 Å². The molecule has 0 aromatic heterocycles. The molecule has 0 radical (unpaired) electrons. The quantitative estimate of drug-likeness (QED) is 0.630. The molecule has 3 N–H and O–H groups in total. The van der Waals surface area contributed by atoms with Crippen LogP contribution in [0.15, 0.2) is 10.6 Å². The van der Waals surface area contributed by atoms with E-state index in [0.717, 1.165) is 6.42 Å². The Bertz CT molecular complexity index is 539. The van der Waals surface area contributed by atoms with E-state index in [1.54, 1.807) is 0 Å². The van der Waals surface area contributed by atoms with Gasteiger partial charge in [-0.1, -0.05) is 0 Å². The van der Waals surface area contributed by atoms with Crippen LogP contribution in [-0.4, -0.2) is 63.6 Å². The van der Waals surface area contributed by atoms with Gasteiger partial charge in [-0.15, -0.1) is 11.8 Å². The largest absolute Gasteiger partial charge is 0.477 e. The average Bonchev–Trinajstić information content (AvgIpc) is 3.01. The first-order valence-corrected chi connectivity index (χ1v) is 8.26. The first-order valence-electron chi connectivity index (χ1n) is 7.38. The van der Waals surface area contributed by atoms with Crippen LogP contribution in [0.25, 0.3) is 0 Å². The molecule has 3 rings (SSSR count). The van der Waals surface area contributed by atoms with E-state index in [0.29, 0.717) is 17.9 Å². The molecule has 2 fully saturated rings. The van der Waals surface area contributed by atoms with E-state index in [1.807, 2.05) is 0 Å². The number of thioether (sulfide) groups is 1. The number of hydrogen-bond donors (Lipinski definition) is 3. The van der Waals surface area contributed by atoms with Crippen molar-refractivity contribution in [2.75, 3.05) is 13.2 Å². The lowest BCUT2D eigenvalue weighted by Gasteiger charge is -2.43. The number of hydrogen-bond acceptors (Lipinski definition) is 5. The highest BCUT2D eigenvalue weighted by Gasteiger charge is 2.57. The summed E-state index contributed by atoms with van der Waals surface area (Å²) in [6, 6.07) is -0.325. The maximum atomic E-state index is 13.5. The van der Waals surface area contributed by atoms with Crippen LogP contribution in [0, 0.1) is 5.92 Å². The second kappa shape index (κ2) is 5.82. The summed E-state index contributed by atoms with van der Waals surface area (Å²) in [5.74, 6) is -2.28. The van der Waals surface area contributed by atoms with Gasteiger partial charge < -0.3 is 20.4 Å². The fourth-order valence-electron chi connectivity index (χ4n) is 3.52. The molecule has 0 saturated carbocycles. The van der Waals surface area contributed by atoms with Crippen LogP contribution in [0.3, 0.4) is 0 Å². The van der Waals surface area contributed by atoms with E-state index >= 15 is 0 Å². The van der Waals surface area contributed by atoms with Crippen molar-refractivity contribution >= 4 is 23.6 Å². The second-order valence-corrected chi connectivity index (χ2v) is 7.42. The third-order valence-electron chi connectivity index (χ3n) is 4.58. The number of halogens is 1. The van der Waals surface area contributed by atoms with Crippen molar-refractivity contribution in [3.63, 3.8) is 0 Å². The predicted molar refractivity (Wildman–Crippen MR) is 78.8 cm³/mol. The number of nitrogens with zero attached hydrogens (tertiary/aromatic N) is 1. The second-order valence-electron chi connectivity index (χ2n) is 6.02. The average molecular weight is 330 g/mol. The SMILES string of the molecule is C[C@@H](F)[C@H]1C(=O)N2C(C(=O)O)=C(S[C@@H]3CN[C@H](CO)C3)C[C@H]12. The van der Waals surface area contributed by atoms with E-state index in [1.165, 1.54) is 23.6 Å². The van der Waals surface area contributed by atoms with Crippen LogP contribution in [0.1, 0.15) is 19.8 Å². The zero-order chi connectivity index (χ0) is 16.0. The van der Waals surface area contributed by atoms with Crippen molar-refractivity contribution < 1.29 is 24.2 Å². The van der Waals surface area contributed by atoms with Gasteiger partial charge in [-0.3, -0.25) is 4.79 Å². The first-order chi connectivity index (χ1) is 10.4. The normalized spacial score (nSPS) is 35.6. The summed E-state index contributed by atoms with van der Waals surface area (Å²) in [7, 11) is 0. The van der Waals surface area contributed by atoms with E-state index in [9.17, 15) is 19.1 Å². The summed E-state index contributed by atoms with van der Waals surface area (Å²) >= 11 is 1.44. The maximum absolute atomic E-state index is 13.5. The van der Waals surface area contributed by atoms with Gasteiger partial charge in [0, 0.05) is 29.2 Å². The molecular formula is C14H19FN2O4S. The Balaban J connectivity index is 1.76. The molecule has 0 aliphatic carbocycles. The predicted octanol–water partition coefficient (Wildman–Crippen LogP) is 0.327. The Hall–Kier alpha value is -1.12. The highest BCUT2D eigenvalue weighted by atomic mass is 32.2. The molecule has 122 valence electrons. The molecular weight excluding hydrogens is 311 g/mol. The number of nitrogens with one attached hydrogen (secondary N) is 1. The van der Waals surface area contributed by atoms with E-state index < -0.39 is 24.0 Å². The van der Waals surface area contributed by atoms with Crippen LogP contribution in [0.4, 0.5) is 4.39 Å². The lowest BCUT2D eigenvalue weighted by atomic mass is 9.84. The third kappa shape index (κ3) is 2.43. The zero-order valence-electron chi connectivity index (χ0n) is 12.2. The summed E-state index contributed by atoms with van der Waals surface area (Å²) in [5.41, 5.74) is 0.0179. The van der Waals surface area contributed by atoms with Crippen LogP contribution >= 0.6 is 11.8 Å². The van der Waals surface area contributed by atoms with E-state index in [2.05, 4.69) is 5.32 Å². The Labute approximate surface area is 131 Å². The zero-order valence-corrected chi connectivity index (χ0v) is 13.0. The Morgan fingerprint density at radius 2 is 2.32 bits per heavy atom. The van der Waals surface area contributed by atoms with Crippen LogP contribution in [0.5, 0.6) is 0 Å². The molecule has 2 saturated heterocycles. The van der Waals surface area contributed by atoms with Gasteiger partial charge in [-0.25, -0.2) is 9.18 Å². The van der Waals surface area contributed by atoms with E-state index in [-0.39, 0.29) is 29.6 Å². The number of carboxylic acid groups (broad SMARTS) is 1. The molecule has 22 heavy (non-hydrogen) atoms. The fraction of sp³-hybridized carbons (Fsp3) is 0.714. The smallest absolute Gasteiger partial charge is 0.353 e. The third-order valence-corrected chi connectivity index (χ3v) is 5.91. The number of aliphatic carboxylic acids is 1. The molecule has 0 bridgehead atoms. The lowest BCUT2D eigenvalue weighted by molar-refractivity contribution is -0.158. The summed E-state index contributed by atoms with van der Waals surface area (Å²) in [4.78, 5) is 25.4. The number of rotatable bonds is 5. The lowest BCUT2D eigenvalue weighted by Crippen LogP contribution is -2.61. The maximum Gasteiger partial charge on any atom is 0.353 e. The van der Waals surface area contributed by atoms with Crippen molar-refractivity contribution in [3.05, 3.63) is 10.6 Å². The van der Waals surface area contributed by atoms with Gasteiger partial charge in [0.15, 0.2) is 0 Å². The van der Waals surface area contributed by atoms with Gasteiger partial charge in [-0.2, -0.15) is 0 Å². The molecule has 8 heteroatoms. The van der Waals surface area contributed by atoms with Crippen molar-refractivity contribution in [3.8, 4) is 0 Å². The molecule has 5 atom stereocenters. The van der Waals surface area contributed by atoms with Crippen molar-refractivity contribution in [1.82, 2.24) is 10.2 Å². The minimum atomic E-state index is -1.26. The molecule has 6 nitrogen and oxygen atoms in total. The molecule has 1 amide bonds. The Morgan fingerprint density at radius 3 is 2.86 bits per heavy atom. The first kappa shape index (κ1) is 15.8. The minimum absolute atomic E-state index is 0.0179. The number of alkyl halides is 1. The van der Waals surface area contributed by atoms with Gasteiger partial charge in [0.1, 0.15) is 11.9 Å². The molecule has 3 aliphatic rings. The fourth-order valence-corrected chi connectivity index (χ4v) is 5.00. The number of carbonyl (C=O) groups excluding carboxylic acids is 1. The number of aliphatic hydroxyl groups is 1. The van der Waals surface area contributed by atoms with Gasteiger partial charge in [0.05, 0.1) is 18.6 Å². The molecule has 0 aromatic carbocycles. The Kier molecular flexibility index (Phi) is 4.17. The van der Waals surface area contributed by atoms with E-state index in [4.69, 9.17) is 5.11 Å². The monoisotopic (exact) mass is 330 g/mol. The number of carboxylic acids is 1. The van der Waals surface area contributed by atoms with Crippen LogP contribution < -0.4 is 5.32 Å². The molecule has 3 heterocycles. The number of fused-ring (bicyclic) bond motifs is 1. The highest BCUT2D eigenvalue weighted by Crippen LogP contribution is 2.48. The van der Waals surface area contributed by atoms with Gasteiger partial charge in [0.2, 0.25) is 5.91 Å². The summed E-state index contributed by atoms with van der Waals surface area (Å²) in [6.07, 6.45) is -0.101. The van der Waals surface area contributed by atoms with Gasteiger partial charge >= 0.3 is 5.97 Å². The standard InChI is InChI=1S/C14H19FN2O4S/c1-6(15)11-9-3-10(12(14(20)21)17(9)13(11)19)22-8-2-7(5-18)16-4-8/h6-9,11,16,18H,2-5H2,1H3,(H,20,21)/t6-,7+,8+,9-,11-/m1/s1. The van der Waals surface area contributed by atoms with Crippen molar-refractivity contribution in [2.24, 2.45) is 5.92 Å². The van der Waals surface area contributed by atoms with Crippen LogP contribution in [-0.2, 0) is 9.59 Å². The number of aliphatic hydroxyl groups excluding tert-OH is 1. The topological polar surface area (TPSA) is 89.9 Å². The highest BCUT2D eigenvalue weighted by molar-refractivity contribution is 8.03. The number of β-lactam (4-membered cyclic amide) rings is 1.